The van der Waals surface area contributed by atoms with Gasteiger partial charge in [0, 0.05) is 43.0 Å². The van der Waals surface area contributed by atoms with Gasteiger partial charge in [0.25, 0.3) is 0 Å². The maximum absolute atomic E-state index is 2.47. The Labute approximate surface area is 323 Å². The first-order valence-corrected chi connectivity index (χ1v) is 19.6. The predicted molar refractivity (Wildman–Crippen MR) is 237 cm³/mol. The maximum atomic E-state index is 2.47. The van der Waals surface area contributed by atoms with E-state index in [2.05, 4.69) is 216 Å². The third-order valence-corrected chi connectivity index (χ3v) is 12.2. The Kier molecular flexibility index (Phi) is 7.39. The molecule has 0 bridgehead atoms. The number of hydrogen-bond donors (Lipinski definition) is 0. The molecule has 11 aromatic rings. The summed E-state index contributed by atoms with van der Waals surface area (Å²) in [6.07, 6.45) is 0. The molecule has 0 N–H and O–H groups in total. The van der Waals surface area contributed by atoms with Crippen LogP contribution in [0.5, 0.6) is 0 Å². The van der Waals surface area contributed by atoms with Crippen molar-refractivity contribution in [1.29, 1.82) is 0 Å². The molecule has 2 aromatic heterocycles. The Bertz CT molecular complexity index is 3190. The minimum absolute atomic E-state index is 1.12. The molecule has 0 saturated heterocycles. The zero-order valence-electron chi connectivity index (χ0n) is 29.9. The Morgan fingerprint density at radius 1 is 0.364 bits per heavy atom. The van der Waals surface area contributed by atoms with Crippen LogP contribution in [-0.4, -0.2) is 4.57 Å². The first-order chi connectivity index (χ1) is 27.3. The second-order valence-corrected chi connectivity index (χ2v) is 15.2. The van der Waals surface area contributed by atoms with E-state index >= 15 is 0 Å². The fourth-order valence-corrected chi connectivity index (χ4v) is 9.68. The smallest absolute Gasteiger partial charge is 0.0640 e. The predicted octanol–water partition coefficient (Wildman–Crippen LogP) is 15.1. The number of aromatic nitrogens is 1. The number of rotatable bonds is 6. The zero-order valence-corrected chi connectivity index (χ0v) is 30.7. The van der Waals surface area contributed by atoms with Gasteiger partial charge in [-0.3, -0.25) is 0 Å². The van der Waals surface area contributed by atoms with Crippen LogP contribution in [-0.2, 0) is 0 Å². The molecule has 258 valence electrons. The molecule has 2 heterocycles. The molecule has 0 amide bonds. The van der Waals surface area contributed by atoms with Crippen molar-refractivity contribution in [3.05, 3.63) is 206 Å². The second-order valence-electron chi connectivity index (χ2n) is 14.1. The average Bonchev–Trinajstić information content (AvgIpc) is 3.81. The molecule has 0 atom stereocenters. The molecule has 0 spiro atoms. The number of nitrogens with zero attached hydrogens (tertiary/aromatic N) is 2. The van der Waals surface area contributed by atoms with E-state index in [9.17, 15) is 0 Å². The van der Waals surface area contributed by atoms with E-state index in [1.54, 1.807) is 0 Å². The fourth-order valence-electron chi connectivity index (χ4n) is 8.48. The van der Waals surface area contributed by atoms with Crippen LogP contribution in [0.25, 0.3) is 80.7 Å². The molecule has 11 rings (SSSR count). The summed E-state index contributed by atoms with van der Waals surface area (Å²) >= 11 is 1.87. The van der Waals surface area contributed by atoms with E-state index in [0.717, 1.165) is 11.4 Å². The third-order valence-electron chi connectivity index (χ3n) is 11.0. The monoisotopic (exact) mass is 718 g/mol. The highest BCUT2D eigenvalue weighted by Gasteiger charge is 2.22. The topological polar surface area (TPSA) is 8.17 Å². The van der Waals surface area contributed by atoms with Crippen LogP contribution in [0.1, 0.15) is 0 Å². The molecule has 0 radical (unpaired) electrons. The molecule has 55 heavy (non-hydrogen) atoms. The Balaban J connectivity index is 1.12. The van der Waals surface area contributed by atoms with E-state index in [1.165, 1.54) is 86.4 Å². The Morgan fingerprint density at radius 3 is 1.80 bits per heavy atom. The summed E-state index contributed by atoms with van der Waals surface area (Å²) in [5.41, 5.74) is 11.9. The van der Waals surface area contributed by atoms with Gasteiger partial charge in [0.1, 0.15) is 0 Å². The lowest BCUT2D eigenvalue weighted by molar-refractivity contribution is 1.18. The van der Waals surface area contributed by atoms with Crippen LogP contribution in [0.2, 0.25) is 0 Å². The van der Waals surface area contributed by atoms with Gasteiger partial charge < -0.3 is 9.47 Å². The highest BCUT2D eigenvalue weighted by Crippen LogP contribution is 2.48. The summed E-state index contributed by atoms with van der Waals surface area (Å²) in [5, 5.41) is 7.52. The van der Waals surface area contributed by atoms with Crippen LogP contribution < -0.4 is 4.90 Å². The summed E-state index contributed by atoms with van der Waals surface area (Å²) in [6, 6.07) is 75.1. The van der Waals surface area contributed by atoms with Gasteiger partial charge in [0.2, 0.25) is 0 Å². The lowest BCUT2D eigenvalue weighted by atomic mass is 9.95. The number of hydrogen-bond acceptors (Lipinski definition) is 2. The van der Waals surface area contributed by atoms with Crippen molar-refractivity contribution >= 4 is 81.1 Å². The standard InChI is InChI=1S/C52H34N2S/c1-3-14-35(15-4-1)36-26-29-39(30-27-36)54(50-24-13-22-45-44-21-10-12-25-51(44)55-52(45)50)48-33-31-40(41-18-7-8-19-42(41)48)37-28-32-49-46(34-37)43-20-9-11-23-47(43)53(49)38-16-5-2-6-17-38/h1-34H. The Hall–Kier alpha value is -6.94. The van der Waals surface area contributed by atoms with E-state index in [-0.39, 0.29) is 0 Å². The van der Waals surface area contributed by atoms with Crippen molar-refractivity contribution in [2.75, 3.05) is 4.90 Å². The van der Waals surface area contributed by atoms with Crippen LogP contribution in [0, 0.1) is 0 Å². The average molecular weight is 719 g/mol. The van der Waals surface area contributed by atoms with Gasteiger partial charge in [-0.15, -0.1) is 11.3 Å². The van der Waals surface area contributed by atoms with Crippen LogP contribution in [0.3, 0.4) is 0 Å². The van der Waals surface area contributed by atoms with Crippen molar-refractivity contribution in [3.63, 3.8) is 0 Å². The van der Waals surface area contributed by atoms with Crippen LogP contribution >= 0.6 is 11.3 Å². The molecule has 9 aromatic carbocycles. The van der Waals surface area contributed by atoms with Gasteiger partial charge in [0.15, 0.2) is 0 Å². The van der Waals surface area contributed by atoms with E-state index < -0.39 is 0 Å². The SMILES string of the molecule is c1ccc(-c2ccc(N(c3ccc(-c4ccc5c(c4)c4ccccc4n5-c4ccccc4)c4ccccc34)c3cccc4c3sc3ccccc34)cc2)cc1. The van der Waals surface area contributed by atoms with Crippen molar-refractivity contribution in [2.45, 2.75) is 0 Å². The lowest BCUT2D eigenvalue weighted by Crippen LogP contribution is -2.10. The van der Waals surface area contributed by atoms with Gasteiger partial charge >= 0.3 is 0 Å². The number of para-hydroxylation sites is 2. The number of anilines is 3. The highest BCUT2D eigenvalue weighted by atomic mass is 32.1. The fraction of sp³-hybridized carbons (Fsp3) is 0. The van der Waals surface area contributed by atoms with Gasteiger partial charge in [-0.25, -0.2) is 0 Å². The summed E-state index contributed by atoms with van der Waals surface area (Å²) in [7, 11) is 0. The van der Waals surface area contributed by atoms with Gasteiger partial charge in [-0.2, -0.15) is 0 Å². The molecule has 0 aliphatic rings. The minimum Gasteiger partial charge on any atom is -0.309 e. The molecule has 0 aliphatic carbocycles. The van der Waals surface area contributed by atoms with E-state index in [0.29, 0.717) is 0 Å². The summed E-state index contributed by atoms with van der Waals surface area (Å²) < 4.78 is 4.96. The molecular weight excluding hydrogens is 685 g/mol. The van der Waals surface area contributed by atoms with Crippen molar-refractivity contribution in [1.82, 2.24) is 4.57 Å². The number of fused-ring (bicyclic) bond motifs is 7. The zero-order chi connectivity index (χ0) is 36.3. The van der Waals surface area contributed by atoms with E-state index in [4.69, 9.17) is 0 Å². The van der Waals surface area contributed by atoms with E-state index in [1.807, 2.05) is 11.3 Å². The summed E-state index contributed by atoms with van der Waals surface area (Å²) in [6.45, 7) is 0. The van der Waals surface area contributed by atoms with Crippen LogP contribution in [0.15, 0.2) is 206 Å². The van der Waals surface area contributed by atoms with Gasteiger partial charge in [0.05, 0.1) is 27.1 Å². The first-order valence-electron chi connectivity index (χ1n) is 18.8. The number of thiophene rings is 1. The van der Waals surface area contributed by atoms with Gasteiger partial charge in [-0.05, 0) is 88.3 Å². The summed E-state index contributed by atoms with van der Waals surface area (Å²) in [5.74, 6) is 0. The first kappa shape index (κ1) is 31.6. The van der Waals surface area contributed by atoms with Crippen molar-refractivity contribution < 1.29 is 0 Å². The lowest BCUT2D eigenvalue weighted by Gasteiger charge is -2.28. The largest absolute Gasteiger partial charge is 0.309 e. The molecule has 0 aliphatic heterocycles. The molecular formula is C52H34N2S. The summed E-state index contributed by atoms with van der Waals surface area (Å²) in [4.78, 5) is 2.47. The Morgan fingerprint density at radius 2 is 0.982 bits per heavy atom. The molecule has 0 saturated carbocycles. The normalized spacial score (nSPS) is 11.6. The van der Waals surface area contributed by atoms with Crippen molar-refractivity contribution in [2.24, 2.45) is 0 Å². The molecule has 0 unspecified atom stereocenters. The molecule has 0 fully saturated rings. The molecule has 2 nitrogen and oxygen atoms in total. The minimum atomic E-state index is 1.12. The second kappa shape index (κ2) is 12.9. The van der Waals surface area contributed by atoms with Gasteiger partial charge in [-0.1, -0.05) is 146 Å². The third kappa shape index (κ3) is 5.16. The maximum Gasteiger partial charge on any atom is 0.0640 e. The quantitative estimate of drug-likeness (QED) is 0.166. The number of benzene rings is 9. The molecule has 3 heteroatoms. The van der Waals surface area contributed by atoms with Crippen molar-refractivity contribution in [3.8, 4) is 27.9 Å². The van der Waals surface area contributed by atoms with Crippen LogP contribution in [0.4, 0.5) is 17.1 Å². The highest BCUT2D eigenvalue weighted by molar-refractivity contribution is 7.26.